The van der Waals surface area contributed by atoms with E-state index in [2.05, 4.69) is 0 Å². The molecule has 0 atom stereocenters. The molecule has 0 aromatic heterocycles. The highest BCUT2D eigenvalue weighted by Gasteiger charge is 2.39. The van der Waals surface area contributed by atoms with Crippen LogP contribution in [0.2, 0.25) is 5.02 Å². The number of carbonyl (C=O) groups excluding carboxylic acids is 2. The van der Waals surface area contributed by atoms with Gasteiger partial charge in [-0.3, -0.25) is 4.79 Å². The molecular weight excluding hydrogens is 263 g/mol. The number of rotatable bonds is 2. The van der Waals surface area contributed by atoms with Gasteiger partial charge in [-0.1, -0.05) is 11.6 Å². The fourth-order valence-electron chi connectivity index (χ4n) is 0.991. The van der Waals surface area contributed by atoms with Crippen LogP contribution in [0.3, 0.4) is 0 Å². The van der Waals surface area contributed by atoms with Gasteiger partial charge in [0.2, 0.25) is 0 Å². The summed E-state index contributed by atoms with van der Waals surface area (Å²) in [6.07, 6.45) is -5.12. The summed E-state index contributed by atoms with van der Waals surface area (Å²) in [5.74, 6) is -4.01. The monoisotopic (exact) mass is 266 g/mol. The van der Waals surface area contributed by atoms with Crippen molar-refractivity contribution in [2.75, 3.05) is 5.32 Å². The number of carbonyl (C=O) groups is 2. The molecule has 0 aliphatic carbocycles. The normalized spacial score (nSPS) is 11.1. The van der Waals surface area contributed by atoms with Crippen molar-refractivity contribution in [1.82, 2.24) is 0 Å². The van der Waals surface area contributed by atoms with Crippen molar-refractivity contribution < 1.29 is 27.9 Å². The number of carboxylic acid groups (broad SMARTS) is 1. The Balaban J connectivity index is 3.09. The number of hydrogen-bond donors (Lipinski definition) is 1. The topological polar surface area (TPSA) is 69.2 Å². The molecule has 1 aromatic carbocycles. The van der Waals surface area contributed by atoms with Gasteiger partial charge in [0.25, 0.3) is 0 Å². The lowest BCUT2D eigenvalue weighted by atomic mass is 10.2. The molecule has 0 unspecified atom stereocenters. The first kappa shape index (κ1) is 13.3. The maximum atomic E-state index is 12.0. The lowest BCUT2D eigenvalue weighted by Gasteiger charge is -2.13. The average molecular weight is 267 g/mol. The minimum absolute atomic E-state index is 0.0209. The van der Waals surface area contributed by atoms with Crippen LogP contribution in [-0.2, 0) is 4.79 Å². The van der Waals surface area contributed by atoms with Crippen molar-refractivity contribution in [2.24, 2.45) is 0 Å². The van der Waals surface area contributed by atoms with Crippen LogP contribution in [0.15, 0.2) is 18.2 Å². The molecule has 0 fully saturated rings. The van der Waals surface area contributed by atoms with Crippen LogP contribution in [-0.4, -0.2) is 18.1 Å². The van der Waals surface area contributed by atoms with Gasteiger partial charge in [-0.05, 0) is 18.2 Å². The third-order valence-corrected chi connectivity index (χ3v) is 1.94. The molecule has 1 aromatic rings. The molecular formula is C9H4ClF3NO3-. The van der Waals surface area contributed by atoms with Crippen LogP contribution in [0.25, 0.3) is 0 Å². The number of alkyl halides is 3. The zero-order valence-electron chi connectivity index (χ0n) is 7.97. The van der Waals surface area contributed by atoms with Crippen LogP contribution >= 0.6 is 11.6 Å². The zero-order valence-corrected chi connectivity index (χ0v) is 8.72. The fraction of sp³-hybridized carbons (Fsp3) is 0.111. The first-order chi connectivity index (χ1) is 7.71. The zero-order chi connectivity index (χ0) is 13.2. The molecule has 8 heteroatoms. The molecule has 0 heterocycles. The number of hydrogen-bond acceptors (Lipinski definition) is 3. The van der Waals surface area contributed by atoms with Crippen molar-refractivity contribution in [2.45, 2.75) is 6.18 Å². The summed E-state index contributed by atoms with van der Waals surface area (Å²) in [4.78, 5) is 21.2. The van der Waals surface area contributed by atoms with Crippen LogP contribution in [0, 0.1) is 0 Å². The van der Waals surface area contributed by atoms with E-state index in [1.807, 2.05) is 0 Å². The minimum Gasteiger partial charge on any atom is -0.545 e. The van der Waals surface area contributed by atoms with E-state index in [9.17, 15) is 27.9 Å². The minimum atomic E-state index is -5.12. The molecule has 0 radical (unpaired) electrons. The standard InChI is InChI=1S/C9H5ClF3NO3/c10-4-1-2-5(7(15)16)6(3-4)14-8(17)9(11,12)13/h1-3H,(H,14,17)(H,15,16)/p-1. The molecule has 1 rings (SSSR count). The number of anilines is 1. The van der Waals surface area contributed by atoms with E-state index in [0.717, 1.165) is 18.2 Å². The molecule has 0 spiro atoms. The second-order valence-electron chi connectivity index (χ2n) is 2.93. The molecule has 4 nitrogen and oxygen atoms in total. The molecule has 1 N–H and O–H groups in total. The third kappa shape index (κ3) is 3.35. The molecule has 92 valence electrons. The van der Waals surface area contributed by atoms with Crippen LogP contribution in [0.5, 0.6) is 0 Å². The maximum absolute atomic E-state index is 12.0. The second-order valence-corrected chi connectivity index (χ2v) is 3.37. The van der Waals surface area contributed by atoms with Gasteiger partial charge >= 0.3 is 12.1 Å². The van der Waals surface area contributed by atoms with Gasteiger partial charge in [0, 0.05) is 10.6 Å². The Morgan fingerprint density at radius 1 is 1.29 bits per heavy atom. The maximum Gasteiger partial charge on any atom is 0.471 e. The molecule has 17 heavy (non-hydrogen) atoms. The van der Waals surface area contributed by atoms with E-state index in [0.29, 0.717) is 0 Å². The van der Waals surface area contributed by atoms with Gasteiger partial charge in [0.15, 0.2) is 0 Å². The highest BCUT2D eigenvalue weighted by molar-refractivity contribution is 6.31. The van der Waals surface area contributed by atoms with Gasteiger partial charge in [0.05, 0.1) is 11.7 Å². The summed E-state index contributed by atoms with van der Waals surface area (Å²) < 4.78 is 35.9. The predicted octanol–water partition coefficient (Wildman–Crippen LogP) is 1.20. The van der Waals surface area contributed by atoms with Crippen LogP contribution in [0.4, 0.5) is 18.9 Å². The molecule has 0 aliphatic heterocycles. The van der Waals surface area contributed by atoms with E-state index in [1.54, 1.807) is 0 Å². The smallest absolute Gasteiger partial charge is 0.471 e. The van der Waals surface area contributed by atoms with E-state index in [-0.39, 0.29) is 5.02 Å². The number of benzene rings is 1. The van der Waals surface area contributed by atoms with Gasteiger partial charge in [-0.25, -0.2) is 0 Å². The highest BCUT2D eigenvalue weighted by atomic mass is 35.5. The van der Waals surface area contributed by atoms with Crippen molar-refractivity contribution in [3.8, 4) is 0 Å². The number of amides is 1. The molecule has 0 bridgehead atoms. The SMILES string of the molecule is O=C([O-])c1ccc(Cl)cc1NC(=O)C(F)(F)F. The molecule has 0 saturated heterocycles. The lowest BCUT2D eigenvalue weighted by Crippen LogP contribution is -2.32. The summed E-state index contributed by atoms with van der Waals surface area (Å²) in [5, 5.41) is 12.0. The van der Waals surface area contributed by atoms with Gasteiger partial charge < -0.3 is 15.2 Å². The highest BCUT2D eigenvalue weighted by Crippen LogP contribution is 2.23. The predicted molar refractivity (Wildman–Crippen MR) is 50.5 cm³/mol. The fourth-order valence-corrected chi connectivity index (χ4v) is 1.16. The Morgan fingerprint density at radius 3 is 2.35 bits per heavy atom. The van der Waals surface area contributed by atoms with Gasteiger partial charge in [0.1, 0.15) is 0 Å². The van der Waals surface area contributed by atoms with E-state index < -0.39 is 29.3 Å². The van der Waals surface area contributed by atoms with Crippen molar-refractivity contribution >= 4 is 29.2 Å². The molecule has 1 amide bonds. The summed E-state index contributed by atoms with van der Waals surface area (Å²) in [6.45, 7) is 0. The van der Waals surface area contributed by atoms with E-state index in [4.69, 9.17) is 11.6 Å². The summed E-state index contributed by atoms with van der Waals surface area (Å²) in [7, 11) is 0. The Bertz CT molecular complexity index is 473. The Labute approximate surface area is 98.0 Å². The summed E-state index contributed by atoms with van der Waals surface area (Å²) in [6, 6.07) is 2.97. The average Bonchev–Trinajstić information content (AvgIpc) is 2.15. The number of nitrogens with one attached hydrogen (secondary N) is 1. The molecule has 0 aliphatic rings. The third-order valence-electron chi connectivity index (χ3n) is 1.71. The van der Waals surface area contributed by atoms with E-state index >= 15 is 0 Å². The lowest BCUT2D eigenvalue weighted by molar-refractivity contribution is -0.254. The number of aromatic carboxylic acids is 1. The van der Waals surface area contributed by atoms with Gasteiger partial charge in [-0.15, -0.1) is 0 Å². The van der Waals surface area contributed by atoms with Crippen molar-refractivity contribution in [1.29, 1.82) is 0 Å². The molecule has 0 saturated carbocycles. The van der Waals surface area contributed by atoms with Crippen LogP contribution < -0.4 is 10.4 Å². The first-order valence-electron chi connectivity index (χ1n) is 4.11. The summed E-state index contributed by atoms with van der Waals surface area (Å²) in [5.41, 5.74) is -1.16. The quantitative estimate of drug-likeness (QED) is 0.874. The Morgan fingerprint density at radius 2 is 1.88 bits per heavy atom. The van der Waals surface area contributed by atoms with Crippen molar-refractivity contribution in [3.05, 3.63) is 28.8 Å². The van der Waals surface area contributed by atoms with Crippen molar-refractivity contribution in [3.63, 3.8) is 0 Å². The van der Waals surface area contributed by atoms with E-state index in [1.165, 1.54) is 5.32 Å². The summed E-state index contributed by atoms with van der Waals surface area (Å²) >= 11 is 5.47. The van der Waals surface area contributed by atoms with Gasteiger partial charge in [-0.2, -0.15) is 13.2 Å². The second kappa shape index (κ2) is 4.62. The first-order valence-corrected chi connectivity index (χ1v) is 4.48. The number of halogens is 4. The van der Waals surface area contributed by atoms with Crippen LogP contribution in [0.1, 0.15) is 10.4 Å². The Kier molecular flexibility index (Phi) is 3.62. The number of carboxylic acids is 1. The largest absolute Gasteiger partial charge is 0.545 e. The Hall–Kier alpha value is -1.76.